The Bertz CT molecular complexity index is 903. The van der Waals surface area contributed by atoms with Gasteiger partial charge in [0.1, 0.15) is 5.75 Å². The minimum atomic E-state index is -3.55. The zero-order valence-corrected chi connectivity index (χ0v) is 17.5. The normalized spacial score (nSPS) is 15.1. The Hall–Kier alpha value is -2.38. The summed E-state index contributed by atoms with van der Waals surface area (Å²) in [6, 6.07) is 13.2. The Morgan fingerprint density at radius 2 is 1.66 bits per heavy atom. The first-order valence-corrected chi connectivity index (χ1v) is 11.6. The summed E-state index contributed by atoms with van der Waals surface area (Å²) >= 11 is 0. The van der Waals surface area contributed by atoms with Crippen LogP contribution in [0.25, 0.3) is 0 Å². The number of nitrogens with one attached hydrogen (secondary N) is 2. The van der Waals surface area contributed by atoms with Gasteiger partial charge in [-0.1, -0.05) is 26.2 Å². The van der Waals surface area contributed by atoms with Gasteiger partial charge >= 0.3 is 0 Å². The molecule has 2 aromatic rings. The maximum absolute atomic E-state index is 12.6. The number of anilines is 1. The van der Waals surface area contributed by atoms with Gasteiger partial charge in [-0.3, -0.25) is 4.79 Å². The van der Waals surface area contributed by atoms with Gasteiger partial charge in [0.2, 0.25) is 10.0 Å². The number of carbonyl (C=O) groups excluding carboxylic acids is 1. The van der Waals surface area contributed by atoms with Crippen molar-refractivity contribution in [3.8, 4) is 5.75 Å². The molecule has 0 atom stereocenters. The van der Waals surface area contributed by atoms with Gasteiger partial charge in [-0.05, 0) is 67.8 Å². The second-order valence-corrected chi connectivity index (χ2v) is 9.02. The van der Waals surface area contributed by atoms with E-state index in [1.807, 2.05) is 6.92 Å². The molecule has 29 heavy (non-hydrogen) atoms. The third-order valence-corrected chi connectivity index (χ3v) is 6.48. The van der Waals surface area contributed by atoms with Crippen LogP contribution in [0.2, 0.25) is 0 Å². The van der Waals surface area contributed by atoms with Crippen LogP contribution in [0, 0.1) is 0 Å². The minimum absolute atomic E-state index is 0.0115. The first-order chi connectivity index (χ1) is 14.0. The van der Waals surface area contributed by atoms with E-state index < -0.39 is 10.0 Å². The molecule has 1 saturated carbocycles. The molecule has 6 nitrogen and oxygen atoms in total. The SMILES string of the molecule is CCCOc1ccc(C(=O)Nc2ccc(S(=O)(=O)NC3CCCCC3)cc2)cc1. The van der Waals surface area contributed by atoms with E-state index in [1.54, 1.807) is 36.4 Å². The van der Waals surface area contributed by atoms with Crippen molar-refractivity contribution in [2.24, 2.45) is 0 Å². The smallest absolute Gasteiger partial charge is 0.255 e. The molecular weight excluding hydrogens is 388 g/mol. The van der Waals surface area contributed by atoms with Crippen molar-refractivity contribution in [2.45, 2.75) is 56.4 Å². The second-order valence-electron chi connectivity index (χ2n) is 7.31. The van der Waals surface area contributed by atoms with Crippen molar-refractivity contribution in [3.05, 3.63) is 54.1 Å². The fourth-order valence-corrected chi connectivity index (χ4v) is 4.66. The van der Waals surface area contributed by atoms with E-state index in [-0.39, 0.29) is 16.8 Å². The quantitative estimate of drug-likeness (QED) is 0.670. The number of ether oxygens (including phenoxy) is 1. The average molecular weight is 417 g/mol. The minimum Gasteiger partial charge on any atom is -0.494 e. The molecular formula is C22H28N2O4S. The number of hydrogen-bond acceptors (Lipinski definition) is 4. The van der Waals surface area contributed by atoms with Crippen LogP contribution >= 0.6 is 0 Å². The molecule has 7 heteroatoms. The van der Waals surface area contributed by atoms with Crippen LogP contribution in [0.3, 0.4) is 0 Å². The number of amides is 1. The molecule has 0 saturated heterocycles. The summed E-state index contributed by atoms with van der Waals surface area (Å²) in [7, 11) is -3.55. The van der Waals surface area contributed by atoms with Crippen LogP contribution in [0.1, 0.15) is 55.8 Å². The summed E-state index contributed by atoms with van der Waals surface area (Å²) < 4.78 is 33.4. The van der Waals surface area contributed by atoms with Crippen molar-refractivity contribution in [1.82, 2.24) is 4.72 Å². The van der Waals surface area contributed by atoms with Crippen molar-refractivity contribution in [3.63, 3.8) is 0 Å². The highest BCUT2D eigenvalue weighted by Crippen LogP contribution is 2.21. The molecule has 156 valence electrons. The summed E-state index contributed by atoms with van der Waals surface area (Å²) in [4.78, 5) is 12.6. The Morgan fingerprint density at radius 1 is 1.00 bits per heavy atom. The molecule has 2 N–H and O–H groups in total. The zero-order chi connectivity index (χ0) is 20.7. The van der Waals surface area contributed by atoms with Gasteiger partial charge in [0.05, 0.1) is 11.5 Å². The van der Waals surface area contributed by atoms with E-state index in [1.165, 1.54) is 18.6 Å². The van der Waals surface area contributed by atoms with Crippen LogP contribution < -0.4 is 14.8 Å². The van der Waals surface area contributed by atoms with E-state index in [9.17, 15) is 13.2 Å². The molecule has 0 bridgehead atoms. The molecule has 0 aromatic heterocycles. The highest BCUT2D eigenvalue weighted by molar-refractivity contribution is 7.89. The standard InChI is InChI=1S/C22H28N2O4S/c1-2-16-28-20-12-8-17(9-13-20)22(25)23-18-10-14-21(15-11-18)29(26,27)24-19-6-4-3-5-7-19/h8-15,19,24H,2-7,16H2,1H3,(H,23,25). The molecule has 1 fully saturated rings. The molecule has 0 aliphatic heterocycles. The Kier molecular flexibility index (Phi) is 7.28. The number of carbonyl (C=O) groups is 1. The monoisotopic (exact) mass is 416 g/mol. The van der Waals surface area contributed by atoms with Gasteiger partial charge in [0.25, 0.3) is 5.91 Å². The lowest BCUT2D eigenvalue weighted by Crippen LogP contribution is -2.36. The summed E-state index contributed by atoms with van der Waals surface area (Å²) in [5.74, 6) is 0.464. The third kappa shape index (κ3) is 6.05. The van der Waals surface area contributed by atoms with Gasteiger partial charge in [-0.2, -0.15) is 0 Å². The molecule has 0 heterocycles. The summed E-state index contributed by atoms with van der Waals surface area (Å²) in [6.07, 6.45) is 5.98. The molecule has 0 unspecified atom stereocenters. The predicted octanol–water partition coefficient (Wildman–Crippen LogP) is 4.34. The molecule has 1 aliphatic rings. The van der Waals surface area contributed by atoms with Gasteiger partial charge in [0.15, 0.2) is 0 Å². The number of benzene rings is 2. The van der Waals surface area contributed by atoms with Gasteiger partial charge in [-0.15, -0.1) is 0 Å². The van der Waals surface area contributed by atoms with Crippen LogP contribution in [-0.2, 0) is 10.0 Å². The van der Waals surface area contributed by atoms with Crippen molar-refractivity contribution >= 4 is 21.6 Å². The fraction of sp³-hybridized carbons (Fsp3) is 0.409. The van der Waals surface area contributed by atoms with E-state index in [0.29, 0.717) is 17.9 Å². The van der Waals surface area contributed by atoms with Crippen LogP contribution in [0.5, 0.6) is 5.75 Å². The van der Waals surface area contributed by atoms with Gasteiger partial charge in [0, 0.05) is 17.3 Å². The van der Waals surface area contributed by atoms with Crippen molar-refractivity contribution in [2.75, 3.05) is 11.9 Å². The van der Waals surface area contributed by atoms with Gasteiger partial charge in [-0.25, -0.2) is 13.1 Å². The Balaban J connectivity index is 1.60. The fourth-order valence-electron chi connectivity index (χ4n) is 3.35. The molecule has 0 spiro atoms. The summed E-state index contributed by atoms with van der Waals surface area (Å²) in [5, 5.41) is 2.79. The topological polar surface area (TPSA) is 84.5 Å². The van der Waals surface area contributed by atoms with E-state index in [2.05, 4.69) is 10.0 Å². The second kappa shape index (κ2) is 9.89. The number of hydrogen-bond donors (Lipinski definition) is 2. The van der Waals surface area contributed by atoms with Gasteiger partial charge < -0.3 is 10.1 Å². The predicted molar refractivity (Wildman–Crippen MR) is 114 cm³/mol. The summed E-state index contributed by atoms with van der Waals surface area (Å²) in [6.45, 7) is 2.67. The van der Waals surface area contributed by atoms with Crippen LogP contribution in [0.15, 0.2) is 53.4 Å². The molecule has 1 amide bonds. The average Bonchev–Trinajstić information content (AvgIpc) is 2.73. The molecule has 1 aliphatic carbocycles. The number of rotatable bonds is 8. The highest BCUT2D eigenvalue weighted by Gasteiger charge is 2.21. The molecule has 3 rings (SSSR count). The zero-order valence-electron chi connectivity index (χ0n) is 16.7. The lowest BCUT2D eigenvalue weighted by molar-refractivity contribution is 0.102. The Labute approximate surface area is 172 Å². The molecule has 0 radical (unpaired) electrons. The highest BCUT2D eigenvalue weighted by atomic mass is 32.2. The van der Waals surface area contributed by atoms with E-state index in [4.69, 9.17) is 4.74 Å². The maximum atomic E-state index is 12.6. The molecule has 2 aromatic carbocycles. The van der Waals surface area contributed by atoms with E-state index >= 15 is 0 Å². The third-order valence-electron chi connectivity index (χ3n) is 4.94. The first kappa shape index (κ1) is 21.3. The van der Waals surface area contributed by atoms with Crippen LogP contribution in [-0.4, -0.2) is 27.0 Å². The lowest BCUT2D eigenvalue weighted by Gasteiger charge is -2.22. The lowest BCUT2D eigenvalue weighted by atomic mass is 9.96. The van der Waals surface area contributed by atoms with Crippen molar-refractivity contribution in [1.29, 1.82) is 0 Å². The Morgan fingerprint density at radius 3 is 2.28 bits per heavy atom. The first-order valence-electron chi connectivity index (χ1n) is 10.1. The van der Waals surface area contributed by atoms with Crippen molar-refractivity contribution < 1.29 is 17.9 Å². The van der Waals surface area contributed by atoms with E-state index in [0.717, 1.165) is 37.9 Å². The largest absolute Gasteiger partial charge is 0.494 e. The maximum Gasteiger partial charge on any atom is 0.255 e. The summed E-state index contributed by atoms with van der Waals surface area (Å²) in [5.41, 5.74) is 1.04. The number of sulfonamides is 1. The van der Waals surface area contributed by atoms with Crippen LogP contribution in [0.4, 0.5) is 5.69 Å².